The Morgan fingerprint density at radius 2 is 2.17 bits per heavy atom. The third kappa shape index (κ3) is 0.916. The van der Waals surface area contributed by atoms with Gasteiger partial charge in [0.2, 0.25) is 0 Å². The van der Waals surface area contributed by atoms with Gasteiger partial charge in [-0.15, -0.1) is 0 Å². The van der Waals surface area contributed by atoms with E-state index in [0.717, 1.165) is 11.3 Å². The lowest BCUT2D eigenvalue weighted by atomic mass is 10.1. The lowest BCUT2D eigenvalue weighted by Gasteiger charge is -2.10. The van der Waals surface area contributed by atoms with Crippen LogP contribution in [0.4, 0.5) is 5.69 Å². The maximum Gasteiger partial charge on any atom is 0.184 e. The van der Waals surface area contributed by atoms with Crippen molar-refractivity contribution in [3.8, 4) is 0 Å². The van der Waals surface area contributed by atoms with Crippen molar-refractivity contribution in [2.45, 2.75) is 6.92 Å². The van der Waals surface area contributed by atoms with Gasteiger partial charge in [0.1, 0.15) is 0 Å². The van der Waals surface area contributed by atoms with Crippen LogP contribution in [0.3, 0.4) is 0 Å². The summed E-state index contributed by atoms with van der Waals surface area (Å²) in [5.41, 5.74) is 3.14. The average Bonchev–Trinajstić information content (AvgIpc) is 2.28. The summed E-state index contributed by atoms with van der Waals surface area (Å²) < 4.78 is 0. The van der Waals surface area contributed by atoms with Crippen molar-refractivity contribution in [3.63, 3.8) is 0 Å². The molecule has 0 radical (unpaired) electrons. The molecule has 0 spiro atoms. The highest BCUT2D eigenvalue weighted by atomic mass is 16.1. The Kier molecular flexibility index (Phi) is 1.43. The lowest BCUT2D eigenvalue weighted by molar-refractivity contribution is 0.101. The number of hydrogen-bond donors (Lipinski definition) is 0. The fraction of sp³-hybridized carbons (Fsp3) is 0.300. The fourth-order valence-electron chi connectivity index (χ4n) is 1.58. The Balaban J connectivity index is 2.60. The molecule has 0 atom stereocenters. The van der Waals surface area contributed by atoms with Gasteiger partial charge in [0.25, 0.3) is 0 Å². The van der Waals surface area contributed by atoms with Gasteiger partial charge >= 0.3 is 0 Å². The van der Waals surface area contributed by atoms with Crippen LogP contribution in [0.15, 0.2) is 18.2 Å². The Hall–Kier alpha value is -1.31. The highest BCUT2D eigenvalue weighted by Gasteiger charge is 2.22. The standard InChI is InChI=1S/C10H11NO/c1-7-3-4-8-9(5-7)11(2)6-10(8)12/h3-5H,6H2,1-2H3. The van der Waals surface area contributed by atoms with Crippen molar-refractivity contribution in [1.82, 2.24) is 0 Å². The van der Waals surface area contributed by atoms with Crippen LogP contribution in [0.25, 0.3) is 0 Å². The summed E-state index contributed by atoms with van der Waals surface area (Å²) in [6.07, 6.45) is 0. The summed E-state index contributed by atoms with van der Waals surface area (Å²) in [5.74, 6) is 0.229. The number of likely N-dealkylation sites (N-methyl/N-ethyl adjacent to an activating group) is 1. The van der Waals surface area contributed by atoms with Crippen LogP contribution in [0.2, 0.25) is 0 Å². The Bertz CT molecular complexity index is 344. The molecule has 0 unspecified atom stereocenters. The van der Waals surface area contributed by atoms with Crippen LogP contribution in [-0.4, -0.2) is 19.4 Å². The number of hydrogen-bond acceptors (Lipinski definition) is 2. The molecule has 2 rings (SSSR count). The molecule has 0 aromatic heterocycles. The normalized spacial score (nSPS) is 15.2. The molecule has 1 aromatic rings. The minimum Gasteiger partial charge on any atom is -0.366 e. The number of Topliss-reactive ketones (excluding diaryl/α,β-unsaturated/α-hetero) is 1. The molecule has 2 heteroatoms. The van der Waals surface area contributed by atoms with Gasteiger partial charge < -0.3 is 4.90 Å². The number of nitrogens with zero attached hydrogens (tertiary/aromatic N) is 1. The van der Waals surface area contributed by atoms with Crippen LogP contribution in [0.1, 0.15) is 15.9 Å². The summed E-state index contributed by atoms with van der Waals surface area (Å²) in [5, 5.41) is 0. The number of carbonyl (C=O) groups is 1. The van der Waals surface area contributed by atoms with Crippen LogP contribution in [0, 0.1) is 6.92 Å². The van der Waals surface area contributed by atoms with Gasteiger partial charge in [0, 0.05) is 18.3 Å². The Morgan fingerprint density at radius 1 is 1.42 bits per heavy atom. The monoisotopic (exact) mass is 161 g/mol. The first-order chi connectivity index (χ1) is 5.68. The molecule has 12 heavy (non-hydrogen) atoms. The fourth-order valence-corrected chi connectivity index (χ4v) is 1.58. The number of ketones is 1. The van der Waals surface area contributed by atoms with Gasteiger partial charge in [-0.2, -0.15) is 0 Å². The van der Waals surface area contributed by atoms with Gasteiger partial charge in [-0.3, -0.25) is 4.79 Å². The topological polar surface area (TPSA) is 20.3 Å². The van der Waals surface area contributed by atoms with Crippen LogP contribution >= 0.6 is 0 Å². The predicted octanol–water partition coefficient (Wildman–Crippen LogP) is 1.63. The maximum atomic E-state index is 11.3. The molecule has 2 nitrogen and oxygen atoms in total. The second kappa shape index (κ2) is 2.34. The van der Waals surface area contributed by atoms with E-state index in [0.29, 0.717) is 6.54 Å². The van der Waals surface area contributed by atoms with E-state index in [2.05, 4.69) is 6.07 Å². The van der Waals surface area contributed by atoms with Crippen LogP contribution in [0.5, 0.6) is 0 Å². The van der Waals surface area contributed by atoms with Gasteiger partial charge in [-0.05, 0) is 24.6 Å². The van der Waals surface area contributed by atoms with Crippen LogP contribution < -0.4 is 4.90 Å². The van der Waals surface area contributed by atoms with Gasteiger partial charge in [-0.25, -0.2) is 0 Å². The summed E-state index contributed by atoms with van der Waals surface area (Å²) in [7, 11) is 1.95. The Morgan fingerprint density at radius 3 is 2.92 bits per heavy atom. The highest BCUT2D eigenvalue weighted by molar-refractivity contribution is 6.08. The summed E-state index contributed by atoms with van der Waals surface area (Å²) in [6.45, 7) is 2.57. The second-order valence-corrected chi connectivity index (χ2v) is 3.30. The maximum absolute atomic E-state index is 11.3. The summed E-state index contributed by atoms with van der Waals surface area (Å²) in [4.78, 5) is 13.3. The molecule has 1 aliphatic rings. The van der Waals surface area contributed by atoms with E-state index >= 15 is 0 Å². The van der Waals surface area contributed by atoms with Crippen molar-refractivity contribution >= 4 is 11.5 Å². The zero-order valence-electron chi connectivity index (χ0n) is 7.29. The van der Waals surface area contributed by atoms with Crippen LogP contribution in [-0.2, 0) is 0 Å². The van der Waals surface area contributed by atoms with Gasteiger partial charge in [-0.1, -0.05) is 6.07 Å². The van der Waals surface area contributed by atoms with Crippen molar-refractivity contribution in [2.24, 2.45) is 0 Å². The number of benzene rings is 1. The summed E-state index contributed by atoms with van der Waals surface area (Å²) in [6, 6.07) is 5.95. The van der Waals surface area contributed by atoms with E-state index in [4.69, 9.17) is 0 Å². The molecule has 0 saturated carbocycles. The van der Waals surface area contributed by atoms with E-state index in [1.54, 1.807) is 0 Å². The van der Waals surface area contributed by atoms with E-state index in [-0.39, 0.29) is 5.78 Å². The molecule has 1 heterocycles. The zero-order chi connectivity index (χ0) is 8.72. The number of rotatable bonds is 0. The Labute approximate surface area is 71.8 Å². The van der Waals surface area contributed by atoms with Crippen molar-refractivity contribution in [3.05, 3.63) is 29.3 Å². The molecule has 1 aliphatic heterocycles. The van der Waals surface area contributed by atoms with E-state index in [9.17, 15) is 4.79 Å². The van der Waals surface area contributed by atoms with Gasteiger partial charge in [0.15, 0.2) is 5.78 Å². The predicted molar refractivity (Wildman–Crippen MR) is 48.8 cm³/mol. The summed E-state index contributed by atoms with van der Waals surface area (Å²) >= 11 is 0. The first-order valence-corrected chi connectivity index (χ1v) is 4.03. The third-order valence-electron chi connectivity index (χ3n) is 2.25. The number of aryl methyl sites for hydroxylation is 1. The largest absolute Gasteiger partial charge is 0.366 e. The van der Waals surface area contributed by atoms with Crippen molar-refractivity contribution in [1.29, 1.82) is 0 Å². The smallest absolute Gasteiger partial charge is 0.184 e. The molecule has 0 saturated heterocycles. The lowest BCUT2D eigenvalue weighted by Crippen LogP contribution is -2.15. The third-order valence-corrected chi connectivity index (χ3v) is 2.25. The SMILES string of the molecule is Cc1ccc2c(c1)N(C)CC2=O. The molecular formula is C10H11NO. The molecule has 0 bridgehead atoms. The molecule has 1 aromatic carbocycles. The van der Waals surface area contributed by atoms with E-state index < -0.39 is 0 Å². The molecule has 0 amide bonds. The zero-order valence-corrected chi connectivity index (χ0v) is 7.29. The number of carbonyl (C=O) groups excluding carboxylic acids is 1. The van der Waals surface area contributed by atoms with Crippen molar-refractivity contribution in [2.75, 3.05) is 18.5 Å². The molecular weight excluding hydrogens is 150 g/mol. The van der Waals surface area contributed by atoms with E-state index in [1.165, 1.54) is 5.56 Å². The van der Waals surface area contributed by atoms with E-state index in [1.807, 2.05) is 31.0 Å². The van der Waals surface area contributed by atoms with Crippen molar-refractivity contribution < 1.29 is 4.79 Å². The molecule has 0 aliphatic carbocycles. The molecule has 62 valence electrons. The first kappa shape index (κ1) is 7.35. The number of fused-ring (bicyclic) bond motifs is 1. The minimum absolute atomic E-state index is 0.229. The quantitative estimate of drug-likeness (QED) is 0.576. The first-order valence-electron chi connectivity index (χ1n) is 4.03. The second-order valence-electron chi connectivity index (χ2n) is 3.30. The average molecular weight is 161 g/mol. The highest BCUT2D eigenvalue weighted by Crippen LogP contribution is 2.27. The molecule has 0 fully saturated rings. The number of anilines is 1. The minimum atomic E-state index is 0.229. The van der Waals surface area contributed by atoms with Gasteiger partial charge in [0.05, 0.1) is 6.54 Å². The molecule has 0 N–H and O–H groups in total.